The molecule has 1 fully saturated rings. The van der Waals surface area contributed by atoms with Crippen LogP contribution in [0.3, 0.4) is 0 Å². The monoisotopic (exact) mass is 384 g/mol. The van der Waals surface area contributed by atoms with Gasteiger partial charge in [-0.1, -0.05) is 43.1 Å². The number of nitrogens with one attached hydrogen (secondary N) is 1. The predicted octanol–water partition coefficient (Wildman–Crippen LogP) is 3.65. The van der Waals surface area contributed by atoms with E-state index >= 15 is 0 Å². The first-order valence-corrected chi connectivity index (χ1v) is 10.5. The zero-order valence-electron chi connectivity index (χ0n) is 15.3. The normalized spacial score (nSPS) is 17.0. The Morgan fingerprint density at radius 1 is 1.26 bits per heavy atom. The third-order valence-electron chi connectivity index (χ3n) is 5.44. The van der Waals surface area contributed by atoms with Crippen molar-refractivity contribution in [3.63, 3.8) is 0 Å². The molecule has 0 aromatic carbocycles. The van der Waals surface area contributed by atoms with E-state index in [1.807, 2.05) is 4.90 Å². The van der Waals surface area contributed by atoms with Crippen molar-refractivity contribution in [2.45, 2.75) is 51.5 Å². The Labute approximate surface area is 163 Å². The van der Waals surface area contributed by atoms with Crippen molar-refractivity contribution >= 4 is 28.3 Å². The van der Waals surface area contributed by atoms with Crippen molar-refractivity contribution in [2.75, 3.05) is 11.9 Å². The maximum atomic E-state index is 12.6. The fraction of sp³-hybridized carbons (Fsp3) is 0.500. The van der Waals surface area contributed by atoms with E-state index in [4.69, 9.17) is 0 Å². The predicted molar refractivity (Wildman–Crippen MR) is 105 cm³/mol. The molecule has 1 aliphatic heterocycles. The minimum absolute atomic E-state index is 0.250. The number of amides is 2. The van der Waals surface area contributed by atoms with E-state index in [0.29, 0.717) is 30.3 Å². The molecular weight excluding hydrogens is 360 g/mol. The highest BCUT2D eigenvalue weighted by Crippen LogP contribution is 2.31. The highest BCUT2D eigenvalue weighted by molar-refractivity contribution is 7.15. The molecule has 3 heterocycles. The molecule has 0 atom stereocenters. The molecule has 6 nitrogen and oxygen atoms in total. The second kappa shape index (κ2) is 8.17. The molecule has 142 valence electrons. The highest BCUT2D eigenvalue weighted by Gasteiger charge is 2.25. The molecule has 1 N–H and O–H groups in total. The summed E-state index contributed by atoms with van der Waals surface area (Å²) in [6.07, 6.45) is 9.23. The molecule has 2 aliphatic rings. The van der Waals surface area contributed by atoms with Crippen molar-refractivity contribution < 1.29 is 9.59 Å². The van der Waals surface area contributed by atoms with Gasteiger partial charge in [-0.15, -0.1) is 0 Å². The van der Waals surface area contributed by atoms with Crippen LogP contribution in [0.4, 0.5) is 5.13 Å². The number of aromatic nitrogens is 2. The quantitative estimate of drug-likeness (QED) is 0.854. The van der Waals surface area contributed by atoms with E-state index < -0.39 is 0 Å². The van der Waals surface area contributed by atoms with Gasteiger partial charge in [-0.25, -0.2) is 4.98 Å². The highest BCUT2D eigenvalue weighted by atomic mass is 32.1. The van der Waals surface area contributed by atoms with Crippen molar-refractivity contribution in [3.05, 3.63) is 40.7 Å². The topological polar surface area (TPSA) is 75.2 Å². The van der Waals surface area contributed by atoms with Gasteiger partial charge in [0.25, 0.3) is 5.91 Å². The third kappa shape index (κ3) is 4.35. The van der Waals surface area contributed by atoms with Crippen LogP contribution < -0.4 is 5.32 Å². The lowest BCUT2D eigenvalue weighted by atomic mass is 10.0. The van der Waals surface area contributed by atoms with Crippen LogP contribution in [0, 0.1) is 5.92 Å². The Morgan fingerprint density at radius 3 is 2.89 bits per heavy atom. The van der Waals surface area contributed by atoms with Gasteiger partial charge in [0.05, 0.1) is 12.2 Å². The molecule has 27 heavy (non-hydrogen) atoms. The maximum absolute atomic E-state index is 12.6. The van der Waals surface area contributed by atoms with Crippen LogP contribution in [0.15, 0.2) is 24.4 Å². The average Bonchev–Trinajstić information content (AvgIpc) is 3.35. The molecule has 2 amide bonds. The van der Waals surface area contributed by atoms with E-state index in [-0.39, 0.29) is 11.8 Å². The molecule has 0 spiro atoms. The summed E-state index contributed by atoms with van der Waals surface area (Å²) in [6.45, 7) is 1.32. The molecule has 1 aliphatic carbocycles. The number of hydrogen-bond acceptors (Lipinski definition) is 5. The lowest BCUT2D eigenvalue weighted by Crippen LogP contribution is -2.35. The number of fused-ring (bicyclic) bond motifs is 1. The van der Waals surface area contributed by atoms with Gasteiger partial charge in [0, 0.05) is 30.5 Å². The first-order chi connectivity index (χ1) is 13.2. The van der Waals surface area contributed by atoms with Gasteiger partial charge in [-0.3, -0.25) is 19.9 Å². The van der Waals surface area contributed by atoms with E-state index in [1.54, 1.807) is 24.4 Å². The van der Waals surface area contributed by atoms with Crippen LogP contribution in [0.1, 0.15) is 59.6 Å². The molecule has 4 rings (SSSR count). The molecule has 2 aromatic rings. The van der Waals surface area contributed by atoms with Crippen molar-refractivity contribution in [1.82, 2.24) is 14.9 Å². The fourth-order valence-corrected chi connectivity index (χ4v) is 4.92. The van der Waals surface area contributed by atoms with Crippen LogP contribution in [0.25, 0.3) is 0 Å². The molecule has 0 radical (unpaired) electrons. The zero-order chi connectivity index (χ0) is 18.6. The van der Waals surface area contributed by atoms with E-state index in [0.717, 1.165) is 29.3 Å². The maximum Gasteiger partial charge on any atom is 0.276 e. The van der Waals surface area contributed by atoms with E-state index in [2.05, 4.69) is 15.3 Å². The number of anilines is 1. The number of pyridine rings is 1. The largest absolute Gasteiger partial charge is 0.337 e. The number of hydrogen-bond donors (Lipinski definition) is 1. The Balaban J connectivity index is 1.34. The number of carbonyl (C=O) groups excluding carboxylic acids is 2. The molecule has 1 saturated carbocycles. The van der Waals surface area contributed by atoms with Crippen molar-refractivity contribution in [1.29, 1.82) is 0 Å². The molecule has 0 unspecified atom stereocenters. The molecule has 2 aromatic heterocycles. The lowest BCUT2D eigenvalue weighted by Gasteiger charge is -2.26. The van der Waals surface area contributed by atoms with E-state index in [9.17, 15) is 9.59 Å². The molecular formula is C20H24N4O2S. The van der Waals surface area contributed by atoms with Gasteiger partial charge in [-0.2, -0.15) is 0 Å². The summed E-state index contributed by atoms with van der Waals surface area (Å²) in [4.78, 5) is 36.4. The van der Waals surface area contributed by atoms with E-state index in [1.165, 1.54) is 37.0 Å². The number of rotatable bonds is 5. The summed E-state index contributed by atoms with van der Waals surface area (Å²) >= 11 is 1.46. The summed E-state index contributed by atoms with van der Waals surface area (Å²) < 4.78 is 0. The van der Waals surface area contributed by atoms with Crippen LogP contribution in [-0.2, 0) is 17.8 Å². The van der Waals surface area contributed by atoms with Gasteiger partial charge >= 0.3 is 0 Å². The smallest absolute Gasteiger partial charge is 0.276 e. The zero-order valence-corrected chi connectivity index (χ0v) is 16.1. The van der Waals surface area contributed by atoms with Crippen LogP contribution in [0.5, 0.6) is 0 Å². The summed E-state index contributed by atoms with van der Waals surface area (Å²) in [7, 11) is 0. The van der Waals surface area contributed by atoms with Gasteiger partial charge < -0.3 is 4.90 Å². The second-order valence-electron chi connectivity index (χ2n) is 7.31. The Hall–Kier alpha value is -2.28. The Bertz CT molecular complexity index is 815. The summed E-state index contributed by atoms with van der Waals surface area (Å²) in [5, 5.41) is 3.40. The Kier molecular flexibility index (Phi) is 5.48. The minimum Gasteiger partial charge on any atom is -0.337 e. The van der Waals surface area contributed by atoms with Crippen molar-refractivity contribution in [2.24, 2.45) is 5.92 Å². The summed E-state index contributed by atoms with van der Waals surface area (Å²) in [5.74, 6) is 0.734. The summed E-state index contributed by atoms with van der Waals surface area (Å²) in [6, 6.07) is 5.23. The SMILES string of the molecule is O=C(Nc1nc2c(s1)CN(C(=O)CCC1CCCC1)CC2)c1ccccn1. The number of thiazole rings is 1. The first-order valence-electron chi connectivity index (χ1n) is 9.68. The second-order valence-corrected chi connectivity index (χ2v) is 8.40. The van der Waals surface area contributed by atoms with Crippen LogP contribution in [0.2, 0.25) is 0 Å². The standard InChI is InChI=1S/C20H24N4O2S/c25-18(9-8-14-5-1-2-6-14)24-12-10-15-17(13-24)27-20(22-15)23-19(26)16-7-3-4-11-21-16/h3-4,7,11,14H,1-2,5-6,8-10,12-13H2,(H,22,23,26). The van der Waals surface area contributed by atoms with Crippen LogP contribution in [-0.4, -0.2) is 33.2 Å². The summed E-state index contributed by atoms with van der Waals surface area (Å²) in [5.41, 5.74) is 1.37. The van der Waals surface area contributed by atoms with Crippen molar-refractivity contribution in [3.8, 4) is 0 Å². The van der Waals surface area contributed by atoms with Gasteiger partial charge in [0.1, 0.15) is 5.69 Å². The minimum atomic E-state index is -0.258. The third-order valence-corrected chi connectivity index (χ3v) is 6.44. The molecule has 0 saturated heterocycles. The molecule has 7 heteroatoms. The molecule has 0 bridgehead atoms. The number of nitrogens with zero attached hydrogens (tertiary/aromatic N) is 3. The fourth-order valence-electron chi connectivity index (χ4n) is 3.90. The first kappa shape index (κ1) is 18.1. The van der Waals surface area contributed by atoms with Crippen LogP contribution >= 0.6 is 11.3 Å². The van der Waals surface area contributed by atoms with Gasteiger partial charge in [0.15, 0.2) is 5.13 Å². The lowest BCUT2D eigenvalue weighted by molar-refractivity contribution is -0.132. The van der Waals surface area contributed by atoms with Gasteiger partial charge in [-0.05, 0) is 24.5 Å². The average molecular weight is 385 g/mol. The number of carbonyl (C=O) groups is 2. The Morgan fingerprint density at radius 2 is 2.11 bits per heavy atom. The van der Waals surface area contributed by atoms with Gasteiger partial charge in [0.2, 0.25) is 5.91 Å².